The van der Waals surface area contributed by atoms with E-state index in [1.807, 2.05) is 0 Å². The van der Waals surface area contributed by atoms with Gasteiger partial charge in [-0.15, -0.1) is 5.10 Å². The molecule has 2 aromatic rings. The van der Waals surface area contributed by atoms with Crippen molar-refractivity contribution in [2.24, 2.45) is 0 Å². The molecule has 0 spiro atoms. The number of nitrogens with zero attached hydrogens (tertiary/aromatic N) is 2. The zero-order chi connectivity index (χ0) is 17.7. The third-order valence-electron chi connectivity index (χ3n) is 3.46. The van der Waals surface area contributed by atoms with E-state index >= 15 is 0 Å². The fraction of sp³-hybridized carbons (Fsp3) is 0.500. The number of aryl methyl sites for hydroxylation is 3. The van der Waals surface area contributed by atoms with Gasteiger partial charge in [-0.1, -0.05) is 18.7 Å². The zero-order valence-electron chi connectivity index (χ0n) is 14.4. The fourth-order valence-corrected chi connectivity index (χ4v) is 3.17. The molecule has 0 saturated heterocycles. The maximum Gasteiger partial charge on any atom is 0.340 e. The Morgan fingerprint density at radius 3 is 2.54 bits per heavy atom. The molecular formula is C16H22N4O3S. The molecule has 24 heavy (non-hydrogen) atoms. The highest BCUT2D eigenvalue weighted by molar-refractivity contribution is 7.99. The minimum absolute atomic E-state index is 0.147. The van der Waals surface area contributed by atoms with Gasteiger partial charge in [0.05, 0.1) is 23.5 Å². The predicted octanol–water partition coefficient (Wildman–Crippen LogP) is 2.85. The molecule has 2 heterocycles. The van der Waals surface area contributed by atoms with Gasteiger partial charge in [0.2, 0.25) is 5.16 Å². The summed E-state index contributed by atoms with van der Waals surface area (Å²) in [5.74, 6) is 0.351. The van der Waals surface area contributed by atoms with Crippen LogP contribution in [0, 0.1) is 13.8 Å². The molecule has 0 saturated carbocycles. The summed E-state index contributed by atoms with van der Waals surface area (Å²) in [4.78, 5) is 32.1. The molecule has 7 nitrogen and oxygen atoms in total. The molecule has 2 rings (SSSR count). The van der Waals surface area contributed by atoms with Gasteiger partial charge in [0.1, 0.15) is 5.82 Å². The Hall–Kier alpha value is -2.09. The van der Waals surface area contributed by atoms with Crippen molar-refractivity contribution < 1.29 is 14.3 Å². The number of thioether (sulfide) groups is 1. The smallest absolute Gasteiger partial charge is 0.340 e. The van der Waals surface area contributed by atoms with Gasteiger partial charge in [-0.05, 0) is 27.2 Å². The van der Waals surface area contributed by atoms with E-state index in [-0.39, 0.29) is 18.1 Å². The maximum atomic E-state index is 12.6. The highest BCUT2D eigenvalue weighted by atomic mass is 32.2. The van der Waals surface area contributed by atoms with E-state index in [0.717, 1.165) is 18.7 Å². The Morgan fingerprint density at radius 1 is 1.17 bits per heavy atom. The number of ether oxygens (including phenoxy) is 1. The van der Waals surface area contributed by atoms with E-state index in [4.69, 9.17) is 4.74 Å². The van der Waals surface area contributed by atoms with Gasteiger partial charge in [-0.3, -0.25) is 9.89 Å². The van der Waals surface area contributed by atoms with Crippen LogP contribution in [0.15, 0.2) is 5.16 Å². The van der Waals surface area contributed by atoms with Gasteiger partial charge in [-0.25, -0.2) is 9.78 Å². The maximum absolute atomic E-state index is 12.6. The van der Waals surface area contributed by atoms with Gasteiger partial charge in [0, 0.05) is 17.8 Å². The van der Waals surface area contributed by atoms with Crippen LogP contribution in [0.4, 0.5) is 0 Å². The van der Waals surface area contributed by atoms with Crippen LogP contribution in [-0.2, 0) is 11.2 Å². The van der Waals surface area contributed by atoms with Crippen molar-refractivity contribution in [1.82, 2.24) is 20.2 Å². The molecule has 0 fully saturated rings. The Kier molecular flexibility index (Phi) is 6.19. The number of nitrogens with one attached hydrogen (secondary N) is 2. The highest BCUT2D eigenvalue weighted by Crippen LogP contribution is 2.23. The van der Waals surface area contributed by atoms with Crippen LogP contribution in [0.1, 0.15) is 58.2 Å². The first-order valence-electron chi connectivity index (χ1n) is 7.91. The molecule has 0 aliphatic carbocycles. The summed E-state index contributed by atoms with van der Waals surface area (Å²) >= 11 is 1.25. The lowest BCUT2D eigenvalue weighted by molar-refractivity contribution is 0.0522. The molecule has 2 N–H and O–H groups in total. The van der Waals surface area contributed by atoms with E-state index in [0.29, 0.717) is 27.7 Å². The summed E-state index contributed by atoms with van der Waals surface area (Å²) in [5.41, 5.74) is 2.02. The second-order valence-electron chi connectivity index (χ2n) is 5.37. The van der Waals surface area contributed by atoms with Crippen LogP contribution in [0.25, 0.3) is 0 Å². The Bertz CT molecular complexity index is 736. The number of H-pyrrole nitrogens is 2. The van der Waals surface area contributed by atoms with Crippen LogP contribution in [-0.4, -0.2) is 44.3 Å². The van der Waals surface area contributed by atoms with Crippen molar-refractivity contribution in [2.75, 3.05) is 12.4 Å². The van der Waals surface area contributed by atoms with Gasteiger partial charge >= 0.3 is 5.97 Å². The number of aromatic amines is 2. The summed E-state index contributed by atoms with van der Waals surface area (Å²) in [6.07, 6.45) is 1.80. The molecule has 0 aliphatic rings. The lowest BCUT2D eigenvalue weighted by Gasteiger charge is -2.05. The first-order valence-corrected chi connectivity index (χ1v) is 8.90. The molecular weight excluding hydrogens is 328 g/mol. The van der Waals surface area contributed by atoms with Crippen molar-refractivity contribution in [3.63, 3.8) is 0 Å². The SMILES string of the molecule is CCCc1nc(SCC(=O)c2c(C)[nH]c(C)c2C(=O)OCC)n[nH]1. The van der Waals surface area contributed by atoms with Crippen LogP contribution >= 0.6 is 11.8 Å². The second kappa shape index (κ2) is 8.14. The van der Waals surface area contributed by atoms with E-state index < -0.39 is 5.97 Å². The first-order chi connectivity index (χ1) is 11.5. The number of esters is 1. The van der Waals surface area contributed by atoms with E-state index in [2.05, 4.69) is 27.1 Å². The highest BCUT2D eigenvalue weighted by Gasteiger charge is 2.25. The molecule has 0 aliphatic heterocycles. The summed E-state index contributed by atoms with van der Waals surface area (Å²) in [5, 5.41) is 7.49. The molecule has 0 bridgehead atoms. The van der Waals surface area contributed by atoms with Crippen LogP contribution in [0.5, 0.6) is 0 Å². The van der Waals surface area contributed by atoms with Crippen molar-refractivity contribution in [3.05, 3.63) is 28.3 Å². The summed E-state index contributed by atoms with van der Waals surface area (Å²) < 4.78 is 5.06. The molecule has 0 atom stereocenters. The molecule has 0 amide bonds. The van der Waals surface area contributed by atoms with Crippen LogP contribution in [0.3, 0.4) is 0 Å². The van der Waals surface area contributed by atoms with E-state index in [1.165, 1.54) is 11.8 Å². The standard InChI is InChI=1S/C16H22N4O3S/c1-5-7-12-18-16(20-19-12)24-8-11(21)13-9(3)17-10(4)14(13)15(22)23-6-2/h17H,5-8H2,1-4H3,(H,18,19,20). The number of Topliss-reactive ketones (excluding diaryl/α,β-unsaturated/α-hetero) is 1. The third kappa shape index (κ3) is 4.05. The lowest BCUT2D eigenvalue weighted by atomic mass is 10.1. The van der Waals surface area contributed by atoms with Gasteiger partial charge < -0.3 is 9.72 Å². The molecule has 0 aromatic carbocycles. The number of aromatic nitrogens is 4. The third-order valence-corrected chi connectivity index (χ3v) is 4.31. The number of rotatable bonds is 8. The van der Waals surface area contributed by atoms with Crippen molar-refractivity contribution in [1.29, 1.82) is 0 Å². The minimum Gasteiger partial charge on any atom is -0.462 e. The topological polar surface area (TPSA) is 101 Å². The zero-order valence-corrected chi connectivity index (χ0v) is 15.2. The number of ketones is 1. The fourth-order valence-electron chi connectivity index (χ4n) is 2.48. The molecule has 8 heteroatoms. The van der Waals surface area contributed by atoms with Crippen LogP contribution in [0.2, 0.25) is 0 Å². The Balaban J connectivity index is 2.12. The Morgan fingerprint density at radius 2 is 1.88 bits per heavy atom. The number of hydrogen-bond acceptors (Lipinski definition) is 6. The van der Waals surface area contributed by atoms with Crippen LogP contribution < -0.4 is 0 Å². The first kappa shape index (κ1) is 18.3. The summed E-state index contributed by atoms with van der Waals surface area (Å²) in [6, 6.07) is 0. The van der Waals surface area contributed by atoms with E-state index in [1.54, 1.807) is 20.8 Å². The molecule has 0 unspecified atom stereocenters. The monoisotopic (exact) mass is 350 g/mol. The number of carbonyl (C=O) groups is 2. The normalized spacial score (nSPS) is 10.8. The predicted molar refractivity (Wildman–Crippen MR) is 91.7 cm³/mol. The molecule has 0 radical (unpaired) electrons. The summed E-state index contributed by atoms with van der Waals surface area (Å²) in [6.45, 7) is 7.60. The van der Waals surface area contributed by atoms with Gasteiger partial charge in [0.15, 0.2) is 5.78 Å². The van der Waals surface area contributed by atoms with E-state index in [9.17, 15) is 9.59 Å². The largest absolute Gasteiger partial charge is 0.462 e. The lowest BCUT2D eigenvalue weighted by Crippen LogP contribution is -2.13. The average molecular weight is 350 g/mol. The Labute approximate surface area is 145 Å². The molecule has 130 valence electrons. The van der Waals surface area contributed by atoms with Gasteiger partial charge in [0.25, 0.3) is 0 Å². The van der Waals surface area contributed by atoms with Gasteiger partial charge in [-0.2, -0.15) is 0 Å². The van der Waals surface area contributed by atoms with Crippen molar-refractivity contribution in [3.8, 4) is 0 Å². The van der Waals surface area contributed by atoms with Crippen molar-refractivity contribution in [2.45, 2.75) is 45.7 Å². The van der Waals surface area contributed by atoms with Crippen molar-refractivity contribution >= 4 is 23.5 Å². The number of hydrogen-bond donors (Lipinski definition) is 2. The average Bonchev–Trinajstić information content (AvgIpc) is 3.09. The molecule has 2 aromatic heterocycles. The quantitative estimate of drug-likeness (QED) is 0.431. The second-order valence-corrected chi connectivity index (χ2v) is 6.31. The minimum atomic E-state index is -0.476. The number of carbonyl (C=O) groups excluding carboxylic acids is 2. The summed E-state index contributed by atoms with van der Waals surface area (Å²) in [7, 11) is 0.